The van der Waals surface area contributed by atoms with Crippen LogP contribution in [0.2, 0.25) is 0 Å². The molecule has 0 saturated heterocycles. The first-order valence-electron chi connectivity index (χ1n) is 8.11. The first-order valence-corrected chi connectivity index (χ1v) is 8.11. The van der Waals surface area contributed by atoms with Crippen LogP contribution in [0, 0.1) is 5.82 Å². The topological polar surface area (TPSA) is 74.8 Å². The van der Waals surface area contributed by atoms with E-state index in [0.717, 1.165) is 5.56 Å². The largest absolute Gasteiger partial charge is 0.356 e. The average molecular weight is 339 g/mol. The highest BCUT2D eigenvalue weighted by molar-refractivity contribution is 5.78. The number of benzene rings is 2. The normalized spacial score (nSPS) is 10.8. The van der Waals surface area contributed by atoms with Crippen LogP contribution in [0.15, 0.2) is 53.3 Å². The van der Waals surface area contributed by atoms with Gasteiger partial charge in [0.05, 0.1) is 10.9 Å². The van der Waals surface area contributed by atoms with Crippen molar-refractivity contribution in [1.82, 2.24) is 15.3 Å². The van der Waals surface area contributed by atoms with Crippen LogP contribution >= 0.6 is 0 Å². The lowest BCUT2D eigenvalue weighted by Gasteiger charge is -2.06. The number of aryl methyl sites for hydroxylation is 1. The molecule has 0 atom stereocenters. The quantitative estimate of drug-likeness (QED) is 0.724. The number of rotatable bonds is 6. The van der Waals surface area contributed by atoms with E-state index in [4.69, 9.17) is 0 Å². The molecule has 3 rings (SSSR count). The Hall–Kier alpha value is -3.02. The molecule has 0 aliphatic carbocycles. The summed E-state index contributed by atoms with van der Waals surface area (Å²) in [6.45, 7) is 0.478. The maximum Gasteiger partial charge on any atom is 0.258 e. The number of para-hydroxylation sites is 1. The molecule has 1 heterocycles. The van der Waals surface area contributed by atoms with Crippen molar-refractivity contribution < 1.29 is 9.18 Å². The van der Waals surface area contributed by atoms with Crippen molar-refractivity contribution in [2.24, 2.45) is 0 Å². The third kappa shape index (κ3) is 4.50. The summed E-state index contributed by atoms with van der Waals surface area (Å²) in [6.07, 6.45) is 1.24. The van der Waals surface area contributed by atoms with E-state index in [-0.39, 0.29) is 23.7 Å². The molecule has 0 spiro atoms. The summed E-state index contributed by atoms with van der Waals surface area (Å²) >= 11 is 0. The van der Waals surface area contributed by atoms with Crippen molar-refractivity contribution >= 4 is 16.8 Å². The molecule has 3 aromatic rings. The molecular formula is C19H18FN3O2. The van der Waals surface area contributed by atoms with Gasteiger partial charge in [0.15, 0.2) is 0 Å². The Balaban J connectivity index is 1.50. The Labute approximate surface area is 143 Å². The first-order chi connectivity index (χ1) is 12.1. The Bertz CT molecular complexity index is 935. The molecule has 0 bridgehead atoms. The number of aromatic amines is 1. The number of hydrogen-bond donors (Lipinski definition) is 2. The fourth-order valence-corrected chi connectivity index (χ4v) is 2.57. The van der Waals surface area contributed by atoms with Crippen molar-refractivity contribution in [3.05, 3.63) is 76.1 Å². The number of H-pyrrole nitrogens is 1. The molecule has 0 radical (unpaired) electrons. The standard InChI is InChI=1S/C19H18FN3O2/c20-14-7-5-13(6-8-14)11-12-21-18(24)10-9-17-22-16-4-2-1-3-15(16)19(25)23-17/h1-8H,9-12H2,(H,21,24)(H,22,23,25). The van der Waals surface area contributed by atoms with Crippen LogP contribution in [0.5, 0.6) is 0 Å². The van der Waals surface area contributed by atoms with Gasteiger partial charge >= 0.3 is 0 Å². The SMILES string of the molecule is O=C(CCc1nc2ccccc2c(=O)[nH]1)NCCc1ccc(F)cc1. The van der Waals surface area contributed by atoms with Crippen LogP contribution in [0.1, 0.15) is 17.8 Å². The van der Waals surface area contributed by atoms with E-state index in [1.165, 1.54) is 12.1 Å². The molecule has 0 fully saturated rings. The van der Waals surface area contributed by atoms with E-state index < -0.39 is 0 Å². The van der Waals surface area contributed by atoms with Gasteiger partial charge in [-0.25, -0.2) is 9.37 Å². The molecule has 6 heteroatoms. The lowest BCUT2D eigenvalue weighted by Crippen LogP contribution is -2.26. The Kier molecular flexibility index (Phi) is 5.18. The molecule has 2 N–H and O–H groups in total. The first kappa shape index (κ1) is 16.8. The highest BCUT2D eigenvalue weighted by atomic mass is 19.1. The second-order valence-corrected chi connectivity index (χ2v) is 5.76. The van der Waals surface area contributed by atoms with Crippen LogP contribution in [0.25, 0.3) is 10.9 Å². The number of carbonyl (C=O) groups excluding carboxylic acids is 1. The smallest absolute Gasteiger partial charge is 0.258 e. The predicted molar refractivity (Wildman–Crippen MR) is 93.8 cm³/mol. The maximum atomic E-state index is 12.8. The number of hydrogen-bond acceptors (Lipinski definition) is 3. The zero-order chi connectivity index (χ0) is 17.6. The van der Waals surface area contributed by atoms with E-state index in [0.29, 0.717) is 36.1 Å². The number of fused-ring (bicyclic) bond motifs is 1. The van der Waals surface area contributed by atoms with Gasteiger partial charge in [-0.1, -0.05) is 24.3 Å². The van der Waals surface area contributed by atoms with E-state index in [9.17, 15) is 14.0 Å². The summed E-state index contributed by atoms with van der Waals surface area (Å²) in [5.41, 5.74) is 1.39. The van der Waals surface area contributed by atoms with E-state index in [2.05, 4.69) is 15.3 Å². The van der Waals surface area contributed by atoms with Gasteiger partial charge in [-0.15, -0.1) is 0 Å². The zero-order valence-corrected chi connectivity index (χ0v) is 13.6. The average Bonchev–Trinajstić information content (AvgIpc) is 2.62. The third-order valence-electron chi connectivity index (χ3n) is 3.90. The van der Waals surface area contributed by atoms with Crippen LogP contribution in [0.3, 0.4) is 0 Å². The molecule has 0 saturated carbocycles. The summed E-state index contributed by atoms with van der Waals surface area (Å²) in [5.74, 6) is 0.111. The fourth-order valence-electron chi connectivity index (χ4n) is 2.57. The van der Waals surface area contributed by atoms with Crippen molar-refractivity contribution in [3.8, 4) is 0 Å². The van der Waals surface area contributed by atoms with Crippen LogP contribution in [-0.2, 0) is 17.6 Å². The highest BCUT2D eigenvalue weighted by Gasteiger charge is 2.06. The Morgan fingerprint density at radius 2 is 1.84 bits per heavy atom. The molecule has 0 aliphatic rings. The second-order valence-electron chi connectivity index (χ2n) is 5.76. The van der Waals surface area contributed by atoms with Gasteiger partial charge in [-0.2, -0.15) is 0 Å². The van der Waals surface area contributed by atoms with Gasteiger partial charge in [0.25, 0.3) is 5.56 Å². The van der Waals surface area contributed by atoms with Crippen LogP contribution < -0.4 is 10.9 Å². The number of nitrogens with one attached hydrogen (secondary N) is 2. The molecule has 128 valence electrons. The lowest BCUT2D eigenvalue weighted by molar-refractivity contribution is -0.121. The number of carbonyl (C=O) groups is 1. The van der Waals surface area contributed by atoms with Crippen molar-refractivity contribution in [1.29, 1.82) is 0 Å². The molecule has 2 aromatic carbocycles. The molecule has 5 nitrogen and oxygen atoms in total. The summed E-state index contributed by atoms with van der Waals surface area (Å²) in [4.78, 5) is 31.0. The Morgan fingerprint density at radius 1 is 1.08 bits per heavy atom. The van der Waals surface area contributed by atoms with Gasteiger partial charge in [0, 0.05) is 19.4 Å². The van der Waals surface area contributed by atoms with E-state index >= 15 is 0 Å². The highest BCUT2D eigenvalue weighted by Crippen LogP contribution is 2.07. The number of halogens is 1. The summed E-state index contributed by atoms with van der Waals surface area (Å²) in [7, 11) is 0. The summed E-state index contributed by atoms with van der Waals surface area (Å²) in [5, 5.41) is 3.35. The maximum absolute atomic E-state index is 12.8. The fraction of sp³-hybridized carbons (Fsp3) is 0.211. The molecule has 0 unspecified atom stereocenters. The molecular weight excluding hydrogens is 321 g/mol. The monoisotopic (exact) mass is 339 g/mol. The van der Waals surface area contributed by atoms with Gasteiger partial charge < -0.3 is 10.3 Å². The third-order valence-corrected chi connectivity index (χ3v) is 3.90. The number of aromatic nitrogens is 2. The van der Waals surface area contributed by atoms with Gasteiger partial charge in [0.2, 0.25) is 5.91 Å². The minimum Gasteiger partial charge on any atom is -0.356 e. The minimum absolute atomic E-state index is 0.113. The molecule has 1 aromatic heterocycles. The van der Waals surface area contributed by atoms with Gasteiger partial charge in [0.1, 0.15) is 11.6 Å². The zero-order valence-electron chi connectivity index (χ0n) is 13.6. The van der Waals surface area contributed by atoms with E-state index in [1.54, 1.807) is 30.3 Å². The molecule has 0 aliphatic heterocycles. The number of nitrogens with zero attached hydrogens (tertiary/aromatic N) is 1. The van der Waals surface area contributed by atoms with Gasteiger partial charge in [-0.3, -0.25) is 9.59 Å². The van der Waals surface area contributed by atoms with E-state index in [1.807, 2.05) is 6.07 Å². The van der Waals surface area contributed by atoms with Crippen molar-refractivity contribution in [2.45, 2.75) is 19.3 Å². The Morgan fingerprint density at radius 3 is 2.64 bits per heavy atom. The molecule has 1 amide bonds. The predicted octanol–water partition coefficient (Wildman–Crippen LogP) is 2.35. The number of amides is 1. The van der Waals surface area contributed by atoms with Gasteiger partial charge in [-0.05, 0) is 36.2 Å². The van der Waals surface area contributed by atoms with Crippen molar-refractivity contribution in [3.63, 3.8) is 0 Å². The summed E-state index contributed by atoms with van der Waals surface area (Å²) < 4.78 is 12.8. The van der Waals surface area contributed by atoms with Crippen molar-refractivity contribution in [2.75, 3.05) is 6.54 Å². The van der Waals surface area contributed by atoms with Crippen LogP contribution in [0.4, 0.5) is 4.39 Å². The van der Waals surface area contributed by atoms with Crippen LogP contribution in [-0.4, -0.2) is 22.4 Å². The summed E-state index contributed by atoms with van der Waals surface area (Å²) in [6, 6.07) is 13.3. The lowest BCUT2D eigenvalue weighted by atomic mass is 10.1. The second kappa shape index (κ2) is 7.70. The molecule has 25 heavy (non-hydrogen) atoms. The minimum atomic E-state index is -0.273.